The number of hydrogen-bond acceptors (Lipinski definition) is 5. The van der Waals surface area contributed by atoms with Crippen molar-refractivity contribution in [1.29, 1.82) is 0 Å². The largest absolute Gasteiger partial charge is 0.481 e. The number of ether oxygens (including phenoxy) is 1. The highest BCUT2D eigenvalue weighted by atomic mass is 16.5. The molecule has 2 aromatic carbocycles. The van der Waals surface area contributed by atoms with Crippen LogP contribution in [0.5, 0.6) is 0 Å². The number of furan rings is 1. The monoisotopic (exact) mass is 476 g/mol. The highest BCUT2D eigenvalue weighted by Crippen LogP contribution is 2.44. The third-order valence-electron chi connectivity index (χ3n) is 6.15. The first-order chi connectivity index (χ1) is 16.8. The Morgan fingerprint density at radius 1 is 0.971 bits per heavy atom. The Balaban J connectivity index is 1.30. The van der Waals surface area contributed by atoms with Crippen molar-refractivity contribution in [3.05, 3.63) is 83.3 Å². The zero-order valence-electron chi connectivity index (χ0n) is 19.6. The van der Waals surface area contributed by atoms with E-state index in [0.29, 0.717) is 5.76 Å². The van der Waals surface area contributed by atoms with E-state index in [-0.39, 0.29) is 37.2 Å². The summed E-state index contributed by atoms with van der Waals surface area (Å²) in [5.74, 6) is -1.16. The minimum absolute atomic E-state index is 0.0354. The zero-order valence-corrected chi connectivity index (χ0v) is 19.6. The van der Waals surface area contributed by atoms with E-state index >= 15 is 0 Å². The molecular formula is C27H28N2O6. The number of alkyl carbamates (subject to hydrolysis) is 1. The molecule has 0 fully saturated rings. The van der Waals surface area contributed by atoms with Crippen LogP contribution in [0.1, 0.15) is 53.6 Å². The van der Waals surface area contributed by atoms with Gasteiger partial charge in [0.15, 0.2) is 5.76 Å². The molecule has 8 nitrogen and oxygen atoms in total. The number of carbonyl (C=O) groups is 3. The Hall–Kier alpha value is -4.07. The number of rotatable bonds is 9. The molecule has 35 heavy (non-hydrogen) atoms. The molecule has 8 heteroatoms. The van der Waals surface area contributed by atoms with Gasteiger partial charge >= 0.3 is 12.1 Å². The molecule has 1 aliphatic rings. The summed E-state index contributed by atoms with van der Waals surface area (Å²) in [5.41, 5.74) is 4.57. The third kappa shape index (κ3) is 5.54. The lowest BCUT2D eigenvalue weighted by atomic mass is 9.98. The van der Waals surface area contributed by atoms with E-state index in [2.05, 4.69) is 34.9 Å². The van der Waals surface area contributed by atoms with Crippen LogP contribution in [0, 0.1) is 5.92 Å². The van der Waals surface area contributed by atoms with Crippen molar-refractivity contribution in [3.8, 4) is 11.1 Å². The van der Waals surface area contributed by atoms with E-state index in [9.17, 15) is 14.4 Å². The summed E-state index contributed by atoms with van der Waals surface area (Å²) in [5, 5.41) is 14.4. The Morgan fingerprint density at radius 2 is 1.60 bits per heavy atom. The second-order valence-corrected chi connectivity index (χ2v) is 8.87. The van der Waals surface area contributed by atoms with Gasteiger partial charge < -0.3 is 24.9 Å². The fraction of sp³-hybridized carbons (Fsp3) is 0.296. The lowest BCUT2D eigenvalue weighted by Crippen LogP contribution is -2.39. The molecule has 3 aromatic rings. The summed E-state index contributed by atoms with van der Waals surface area (Å²) in [6, 6.07) is 18.8. The predicted molar refractivity (Wildman–Crippen MR) is 129 cm³/mol. The van der Waals surface area contributed by atoms with Gasteiger partial charge in [-0.1, -0.05) is 62.4 Å². The van der Waals surface area contributed by atoms with Crippen molar-refractivity contribution in [2.75, 3.05) is 6.61 Å². The molecule has 0 aliphatic heterocycles. The quantitative estimate of drug-likeness (QED) is 0.417. The standard InChI is InChI=1S/C27H28N2O6/c1-16(2)23(13-25(30)31)29-26(32)24-12-11-17(35-24)14-28-27(33)34-15-22-20-9-5-3-7-18(20)19-8-4-6-10-21(19)22/h3-12,16,22-23H,13-15H2,1-2H3,(H,28,33)(H,29,32)(H,30,31)/t23-/m1/s1. The van der Waals surface area contributed by atoms with Gasteiger partial charge in [-0.05, 0) is 40.3 Å². The van der Waals surface area contributed by atoms with Crippen molar-refractivity contribution >= 4 is 18.0 Å². The molecule has 0 spiro atoms. The Morgan fingerprint density at radius 3 is 2.20 bits per heavy atom. The number of aliphatic carboxylic acids is 1. The number of fused-ring (bicyclic) bond motifs is 3. The summed E-state index contributed by atoms with van der Waals surface area (Å²) < 4.78 is 11.0. The van der Waals surface area contributed by atoms with Crippen LogP contribution in [0.25, 0.3) is 11.1 Å². The molecule has 0 saturated carbocycles. The van der Waals surface area contributed by atoms with Gasteiger partial charge in [-0.25, -0.2) is 4.79 Å². The summed E-state index contributed by atoms with van der Waals surface area (Å²) in [4.78, 5) is 35.8. The molecule has 0 bridgehead atoms. The summed E-state index contributed by atoms with van der Waals surface area (Å²) >= 11 is 0. The second kappa shape index (κ2) is 10.5. The molecule has 1 aliphatic carbocycles. The highest BCUT2D eigenvalue weighted by Gasteiger charge is 2.29. The molecule has 0 saturated heterocycles. The number of benzene rings is 2. The van der Waals surface area contributed by atoms with E-state index in [1.807, 2.05) is 38.1 Å². The van der Waals surface area contributed by atoms with Gasteiger partial charge in [0.05, 0.1) is 13.0 Å². The first-order valence-corrected chi connectivity index (χ1v) is 11.5. The van der Waals surface area contributed by atoms with E-state index in [4.69, 9.17) is 14.3 Å². The summed E-state index contributed by atoms with van der Waals surface area (Å²) in [6.45, 7) is 3.91. The molecule has 182 valence electrons. The second-order valence-electron chi connectivity index (χ2n) is 8.87. The molecule has 1 aromatic heterocycles. The van der Waals surface area contributed by atoms with E-state index in [1.54, 1.807) is 6.07 Å². The van der Waals surface area contributed by atoms with E-state index in [0.717, 1.165) is 22.3 Å². The number of carboxylic acids is 1. The average Bonchev–Trinajstić information content (AvgIpc) is 3.44. The Kier molecular flexibility index (Phi) is 7.19. The molecule has 3 N–H and O–H groups in total. The lowest BCUT2D eigenvalue weighted by Gasteiger charge is -2.19. The number of hydrogen-bond donors (Lipinski definition) is 3. The van der Waals surface area contributed by atoms with Crippen LogP contribution < -0.4 is 10.6 Å². The third-order valence-corrected chi connectivity index (χ3v) is 6.15. The smallest absolute Gasteiger partial charge is 0.407 e. The molecule has 1 atom stereocenters. The van der Waals surface area contributed by atoms with Gasteiger partial charge in [0, 0.05) is 12.0 Å². The molecule has 1 heterocycles. The van der Waals surface area contributed by atoms with Crippen LogP contribution in [-0.2, 0) is 16.1 Å². The minimum atomic E-state index is -0.989. The fourth-order valence-corrected chi connectivity index (χ4v) is 4.28. The van der Waals surface area contributed by atoms with Crippen molar-refractivity contribution in [3.63, 3.8) is 0 Å². The van der Waals surface area contributed by atoms with Crippen LogP contribution >= 0.6 is 0 Å². The van der Waals surface area contributed by atoms with Gasteiger partial charge in [0.1, 0.15) is 12.4 Å². The van der Waals surface area contributed by atoms with Gasteiger partial charge in [-0.2, -0.15) is 0 Å². The van der Waals surface area contributed by atoms with Crippen LogP contribution in [0.15, 0.2) is 65.1 Å². The molecule has 2 amide bonds. The normalized spacial score (nSPS) is 13.1. The average molecular weight is 477 g/mol. The lowest BCUT2D eigenvalue weighted by molar-refractivity contribution is -0.137. The van der Waals surface area contributed by atoms with Crippen LogP contribution in [0.4, 0.5) is 4.79 Å². The number of nitrogens with one attached hydrogen (secondary N) is 2. The first-order valence-electron chi connectivity index (χ1n) is 11.5. The predicted octanol–water partition coefficient (Wildman–Crippen LogP) is 4.55. The maximum atomic E-state index is 12.4. The van der Waals surface area contributed by atoms with E-state index in [1.165, 1.54) is 6.07 Å². The summed E-state index contributed by atoms with van der Waals surface area (Å²) in [6.07, 6.45) is -0.768. The highest BCUT2D eigenvalue weighted by molar-refractivity contribution is 5.92. The van der Waals surface area contributed by atoms with Crippen molar-refractivity contribution in [2.45, 2.75) is 38.8 Å². The number of amides is 2. The van der Waals surface area contributed by atoms with Crippen molar-refractivity contribution < 1.29 is 28.6 Å². The fourth-order valence-electron chi connectivity index (χ4n) is 4.28. The molecule has 4 rings (SSSR count). The van der Waals surface area contributed by atoms with E-state index < -0.39 is 24.0 Å². The van der Waals surface area contributed by atoms with Crippen molar-refractivity contribution in [2.24, 2.45) is 5.92 Å². The first kappa shape index (κ1) is 24.1. The van der Waals surface area contributed by atoms with Crippen LogP contribution in [-0.4, -0.2) is 35.7 Å². The van der Waals surface area contributed by atoms with Gasteiger partial charge in [-0.3, -0.25) is 9.59 Å². The Labute approximate surface area is 203 Å². The maximum absolute atomic E-state index is 12.4. The maximum Gasteiger partial charge on any atom is 0.407 e. The number of carboxylic acid groups (broad SMARTS) is 1. The van der Waals surface area contributed by atoms with Gasteiger partial charge in [0.2, 0.25) is 0 Å². The van der Waals surface area contributed by atoms with Crippen LogP contribution in [0.2, 0.25) is 0 Å². The molecular weight excluding hydrogens is 448 g/mol. The SMILES string of the molecule is CC(C)[C@@H](CC(=O)O)NC(=O)c1ccc(CNC(=O)OCC2c3ccccc3-c3ccccc32)o1. The Bertz CT molecular complexity index is 1190. The van der Waals surface area contributed by atoms with Crippen molar-refractivity contribution in [1.82, 2.24) is 10.6 Å². The number of carbonyl (C=O) groups excluding carboxylic acids is 2. The topological polar surface area (TPSA) is 118 Å². The van der Waals surface area contributed by atoms with Crippen LogP contribution in [0.3, 0.4) is 0 Å². The zero-order chi connectivity index (χ0) is 24.9. The molecule has 0 radical (unpaired) electrons. The van der Waals surface area contributed by atoms with Gasteiger partial charge in [-0.15, -0.1) is 0 Å². The summed E-state index contributed by atoms with van der Waals surface area (Å²) in [7, 11) is 0. The minimum Gasteiger partial charge on any atom is -0.481 e. The van der Waals surface area contributed by atoms with Gasteiger partial charge in [0.25, 0.3) is 5.91 Å². The molecule has 0 unspecified atom stereocenters.